The van der Waals surface area contributed by atoms with E-state index < -0.39 is 40.5 Å². The molecule has 0 spiro atoms. The molecule has 0 aromatic heterocycles. The average molecular weight is 291 g/mol. The van der Waals surface area contributed by atoms with Crippen LogP contribution in [0.25, 0.3) is 0 Å². The molecule has 2 aromatic carbocycles. The lowest BCUT2D eigenvalue weighted by Crippen LogP contribution is -2.07. The monoisotopic (exact) mass is 290 g/mol. The minimum absolute atomic E-state index is 0.142. The lowest BCUT2D eigenvalue weighted by molar-refractivity contribution is 0.209. The van der Waals surface area contributed by atoms with Gasteiger partial charge in [0.15, 0.2) is 11.6 Å². The Labute approximate surface area is 111 Å². The summed E-state index contributed by atoms with van der Waals surface area (Å²) in [6, 6.07) is 4.36. The van der Waals surface area contributed by atoms with E-state index in [9.17, 15) is 22.7 Å². The predicted octanol–water partition coefficient (Wildman–Crippen LogP) is 3.98. The smallest absolute Gasteiger partial charge is 0.161 e. The van der Waals surface area contributed by atoms with Crippen LogP contribution in [0.3, 0.4) is 0 Å². The molecule has 0 aliphatic carbocycles. The van der Waals surface area contributed by atoms with Gasteiger partial charge in [0, 0.05) is 22.2 Å². The summed E-state index contributed by atoms with van der Waals surface area (Å²) in [5, 5.41) is 9.75. The third-order valence-corrected chi connectivity index (χ3v) is 2.94. The van der Waals surface area contributed by atoms with E-state index in [0.29, 0.717) is 6.07 Å². The number of hydrogen-bond acceptors (Lipinski definition) is 1. The van der Waals surface area contributed by atoms with E-state index in [1.807, 2.05) is 0 Å². The molecule has 0 radical (unpaired) electrons. The Morgan fingerprint density at radius 3 is 2.16 bits per heavy atom. The first-order valence-corrected chi connectivity index (χ1v) is 5.56. The highest BCUT2D eigenvalue weighted by Gasteiger charge is 2.23. The summed E-state index contributed by atoms with van der Waals surface area (Å²) < 4.78 is 52.9. The van der Waals surface area contributed by atoms with Crippen molar-refractivity contribution in [3.63, 3.8) is 0 Å². The average Bonchev–Trinajstić information content (AvgIpc) is 2.33. The molecule has 0 aliphatic rings. The molecule has 1 atom stereocenters. The number of aliphatic hydroxyl groups is 1. The zero-order valence-electron chi connectivity index (χ0n) is 9.30. The van der Waals surface area contributed by atoms with Crippen molar-refractivity contribution >= 4 is 11.6 Å². The van der Waals surface area contributed by atoms with Crippen LogP contribution in [0.1, 0.15) is 17.2 Å². The topological polar surface area (TPSA) is 20.2 Å². The molecule has 2 aromatic rings. The molecule has 19 heavy (non-hydrogen) atoms. The Morgan fingerprint density at radius 1 is 0.895 bits per heavy atom. The maximum atomic E-state index is 13.6. The molecule has 0 heterocycles. The van der Waals surface area contributed by atoms with Crippen molar-refractivity contribution in [1.29, 1.82) is 0 Å². The number of rotatable bonds is 2. The van der Waals surface area contributed by atoms with Gasteiger partial charge in [-0.15, -0.1) is 0 Å². The van der Waals surface area contributed by atoms with Crippen LogP contribution in [0.15, 0.2) is 30.3 Å². The Balaban J connectivity index is 2.56. The van der Waals surface area contributed by atoms with E-state index in [1.165, 1.54) is 12.1 Å². The van der Waals surface area contributed by atoms with Crippen LogP contribution in [0.2, 0.25) is 5.02 Å². The Bertz CT molecular complexity index is 610. The molecule has 0 amide bonds. The SMILES string of the molecule is OC(c1cc(F)c(F)cc1F)c1c(F)cccc1Cl. The second-order valence-electron chi connectivity index (χ2n) is 3.83. The molecule has 6 heteroatoms. The van der Waals surface area contributed by atoms with E-state index in [2.05, 4.69) is 0 Å². The summed E-state index contributed by atoms with van der Waals surface area (Å²) in [5.74, 6) is -4.80. The molecule has 100 valence electrons. The Hall–Kier alpha value is -1.59. The van der Waals surface area contributed by atoms with E-state index in [0.717, 1.165) is 6.07 Å². The maximum absolute atomic E-state index is 13.6. The summed E-state index contributed by atoms with van der Waals surface area (Å²) in [5.41, 5.74) is -0.986. The molecule has 1 nitrogen and oxygen atoms in total. The highest BCUT2D eigenvalue weighted by molar-refractivity contribution is 6.31. The van der Waals surface area contributed by atoms with Crippen molar-refractivity contribution in [3.05, 3.63) is 69.8 Å². The van der Waals surface area contributed by atoms with Crippen molar-refractivity contribution in [1.82, 2.24) is 0 Å². The highest BCUT2D eigenvalue weighted by atomic mass is 35.5. The minimum Gasteiger partial charge on any atom is -0.383 e. The van der Waals surface area contributed by atoms with E-state index in [4.69, 9.17) is 11.6 Å². The fraction of sp³-hybridized carbons (Fsp3) is 0.0769. The van der Waals surface area contributed by atoms with Crippen LogP contribution in [0, 0.1) is 23.3 Å². The molecule has 1 unspecified atom stereocenters. The number of benzene rings is 2. The molecule has 0 saturated heterocycles. The van der Waals surface area contributed by atoms with Gasteiger partial charge in [-0.2, -0.15) is 0 Å². The van der Waals surface area contributed by atoms with Gasteiger partial charge in [0.25, 0.3) is 0 Å². The van der Waals surface area contributed by atoms with E-state index >= 15 is 0 Å². The van der Waals surface area contributed by atoms with Crippen molar-refractivity contribution < 1.29 is 22.7 Å². The second-order valence-corrected chi connectivity index (χ2v) is 4.23. The summed E-state index contributed by atoms with van der Waals surface area (Å²) in [4.78, 5) is 0. The normalized spacial score (nSPS) is 12.5. The quantitative estimate of drug-likeness (QED) is 0.655. The molecule has 0 aliphatic heterocycles. The first-order valence-electron chi connectivity index (χ1n) is 5.18. The molecule has 0 bridgehead atoms. The molecule has 0 fully saturated rings. The number of halogens is 5. The van der Waals surface area contributed by atoms with Crippen molar-refractivity contribution in [2.24, 2.45) is 0 Å². The minimum atomic E-state index is -1.83. The zero-order chi connectivity index (χ0) is 14.2. The lowest BCUT2D eigenvalue weighted by atomic mass is 10.00. The lowest BCUT2D eigenvalue weighted by Gasteiger charge is -2.15. The predicted molar refractivity (Wildman–Crippen MR) is 61.8 cm³/mol. The first kappa shape index (κ1) is 13.8. The summed E-state index contributed by atoms with van der Waals surface area (Å²) in [7, 11) is 0. The third kappa shape index (κ3) is 2.57. The summed E-state index contributed by atoms with van der Waals surface area (Å²) in [6.07, 6.45) is -1.83. The first-order chi connectivity index (χ1) is 8.91. The summed E-state index contributed by atoms with van der Waals surface area (Å²) in [6.45, 7) is 0. The third-order valence-electron chi connectivity index (χ3n) is 2.61. The van der Waals surface area contributed by atoms with Gasteiger partial charge in [-0.25, -0.2) is 17.6 Å². The fourth-order valence-electron chi connectivity index (χ4n) is 1.67. The van der Waals surface area contributed by atoms with Crippen LogP contribution in [-0.4, -0.2) is 5.11 Å². The van der Waals surface area contributed by atoms with E-state index in [1.54, 1.807) is 0 Å². The highest BCUT2D eigenvalue weighted by Crippen LogP contribution is 2.32. The van der Waals surface area contributed by atoms with E-state index in [-0.39, 0.29) is 11.1 Å². The molecule has 1 N–H and O–H groups in total. The van der Waals surface area contributed by atoms with Gasteiger partial charge in [0.05, 0.1) is 0 Å². The largest absolute Gasteiger partial charge is 0.383 e. The van der Waals surface area contributed by atoms with Gasteiger partial charge >= 0.3 is 0 Å². The molecule has 0 saturated carbocycles. The van der Waals surface area contributed by atoms with Gasteiger partial charge < -0.3 is 5.11 Å². The van der Waals surface area contributed by atoms with Crippen LogP contribution < -0.4 is 0 Å². The van der Waals surface area contributed by atoms with Gasteiger partial charge in [-0.05, 0) is 18.2 Å². The molecule has 2 rings (SSSR count). The van der Waals surface area contributed by atoms with Crippen LogP contribution >= 0.6 is 11.6 Å². The van der Waals surface area contributed by atoms with Gasteiger partial charge in [0.1, 0.15) is 17.7 Å². The van der Waals surface area contributed by atoms with Gasteiger partial charge in [-0.3, -0.25) is 0 Å². The number of hydrogen-bond donors (Lipinski definition) is 1. The van der Waals surface area contributed by atoms with Crippen LogP contribution in [0.5, 0.6) is 0 Å². The van der Waals surface area contributed by atoms with Crippen molar-refractivity contribution in [3.8, 4) is 0 Å². The second kappa shape index (κ2) is 5.19. The zero-order valence-corrected chi connectivity index (χ0v) is 10.1. The summed E-state index contributed by atoms with van der Waals surface area (Å²) >= 11 is 5.71. The maximum Gasteiger partial charge on any atom is 0.161 e. The van der Waals surface area contributed by atoms with Crippen LogP contribution in [-0.2, 0) is 0 Å². The molecular formula is C13H7ClF4O. The molecular weight excluding hydrogens is 284 g/mol. The Morgan fingerprint density at radius 2 is 1.53 bits per heavy atom. The van der Waals surface area contributed by atoms with Gasteiger partial charge in [0.2, 0.25) is 0 Å². The van der Waals surface area contributed by atoms with Crippen molar-refractivity contribution in [2.75, 3.05) is 0 Å². The van der Waals surface area contributed by atoms with Crippen LogP contribution in [0.4, 0.5) is 17.6 Å². The fourth-order valence-corrected chi connectivity index (χ4v) is 1.94. The Kier molecular flexibility index (Phi) is 3.78. The van der Waals surface area contributed by atoms with Gasteiger partial charge in [-0.1, -0.05) is 17.7 Å². The number of aliphatic hydroxyl groups excluding tert-OH is 1. The standard InChI is InChI=1S/C13H7ClF4O/c14-7-2-1-3-8(15)12(7)13(19)6-4-10(17)11(18)5-9(6)16/h1-5,13,19H. The van der Waals surface area contributed by atoms with Crippen molar-refractivity contribution in [2.45, 2.75) is 6.10 Å².